The number of rotatable bonds is 9. The molecule has 0 aliphatic heterocycles. The maximum absolute atomic E-state index is 2.42. The molecule has 0 saturated heterocycles. The van der Waals surface area contributed by atoms with Crippen molar-refractivity contribution in [1.29, 1.82) is 0 Å². The number of nitrogens with zero attached hydrogens (tertiary/aromatic N) is 1. The summed E-state index contributed by atoms with van der Waals surface area (Å²) in [4.78, 5) is 2.31. The second-order valence-corrected chi connectivity index (χ2v) is 17.2. The topological polar surface area (TPSA) is 3.24 Å². The molecule has 0 N–H and O–H groups in total. The van der Waals surface area contributed by atoms with Gasteiger partial charge in [0, 0.05) is 23.0 Å². The first kappa shape index (κ1) is 37.7. The van der Waals surface area contributed by atoms with Crippen LogP contribution in [0.1, 0.15) is 44.9 Å². The Morgan fingerprint density at radius 2 is 0.797 bits per heavy atom. The zero-order valence-corrected chi connectivity index (χ0v) is 35.5. The Morgan fingerprint density at radius 3 is 1.55 bits per heavy atom. The fourth-order valence-corrected chi connectivity index (χ4v) is 10.4. The van der Waals surface area contributed by atoms with Crippen LogP contribution in [0, 0.1) is 0 Å². The summed E-state index contributed by atoms with van der Waals surface area (Å²) in [6.07, 6.45) is 1.92. The van der Waals surface area contributed by atoms with Gasteiger partial charge in [0.05, 0.1) is 0 Å². The van der Waals surface area contributed by atoms with Crippen molar-refractivity contribution in [2.24, 2.45) is 0 Å². The molecule has 2 aliphatic carbocycles. The minimum Gasteiger partial charge on any atom is -0.311 e. The van der Waals surface area contributed by atoms with E-state index in [1.165, 1.54) is 94.6 Å². The molecule has 10 aromatic rings. The van der Waals surface area contributed by atoms with E-state index in [0.717, 1.165) is 29.9 Å². The van der Waals surface area contributed by atoms with Gasteiger partial charge in [0.1, 0.15) is 0 Å². The molecular weight excluding hydrogens is 771 g/mol. The SMILES string of the molecule is c1ccc(-c2cccc(C(c3ccc(-c4ccc5c(c4)Cc4ccc(-c6ccc(N(c7ccccc7)c7ccccc7)cc6)cc4-5)cc3)c3cccc4c3-c3ccccc3C4)c2)cc1. The molecule has 0 spiro atoms. The van der Waals surface area contributed by atoms with Gasteiger partial charge in [0.25, 0.3) is 0 Å². The van der Waals surface area contributed by atoms with Crippen molar-refractivity contribution in [2.75, 3.05) is 4.90 Å². The van der Waals surface area contributed by atoms with E-state index in [1.54, 1.807) is 0 Å². The lowest BCUT2D eigenvalue weighted by atomic mass is 9.80. The highest BCUT2D eigenvalue weighted by molar-refractivity contribution is 5.85. The highest BCUT2D eigenvalue weighted by Gasteiger charge is 2.28. The summed E-state index contributed by atoms with van der Waals surface area (Å²) in [5.41, 5.74) is 25.9. The van der Waals surface area contributed by atoms with E-state index in [0.29, 0.717) is 0 Å². The summed E-state index contributed by atoms with van der Waals surface area (Å²) in [7, 11) is 0. The zero-order chi connectivity index (χ0) is 42.4. The molecule has 0 aromatic heterocycles. The minimum absolute atomic E-state index is 0.0744. The van der Waals surface area contributed by atoms with Crippen LogP contribution >= 0.6 is 0 Å². The summed E-state index contributed by atoms with van der Waals surface area (Å²) < 4.78 is 0. The van der Waals surface area contributed by atoms with Crippen LogP contribution in [0.2, 0.25) is 0 Å². The first-order valence-electron chi connectivity index (χ1n) is 22.4. The molecule has 1 atom stereocenters. The number of hydrogen-bond donors (Lipinski definition) is 0. The van der Waals surface area contributed by atoms with Crippen molar-refractivity contribution < 1.29 is 0 Å². The highest BCUT2D eigenvalue weighted by atomic mass is 15.1. The molecule has 0 bridgehead atoms. The van der Waals surface area contributed by atoms with Crippen LogP contribution < -0.4 is 4.90 Å². The molecule has 10 aromatic carbocycles. The molecule has 64 heavy (non-hydrogen) atoms. The van der Waals surface area contributed by atoms with E-state index in [9.17, 15) is 0 Å². The van der Waals surface area contributed by atoms with Crippen molar-refractivity contribution in [3.63, 3.8) is 0 Å². The third-order valence-corrected chi connectivity index (χ3v) is 13.4. The number of benzene rings is 10. The van der Waals surface area contributed by atoms with Gasteiger partial charge in [-0.25, -0.2) is 0 Å². The summed E-state index contributed by atoms with van der Waals surface area (Å²) in [6.45, 7) is 0. The Kier molecular flexibility index (Phi) is 9.46. The monoisotopic (exact) mass is 815 g/mol. The minimum atomic E-state index is 0.0744. The summed E-state index contributed by atoms with van der Waals surface area (Å²) in [6, 6.07) is 89.5. The van der Waals surface area contributed by atoms with Crippen LogP contribution in [0.4, 0.5) is 17.1 Å². The Hall–Kier alpha value is -8.00. The van der Waals surface area contributed by atoms with Gasteiger partial charge in [0.15, 0.2) is 0 Å². The molecule has 0 saturated carbocycles. The van der Waals surface area contributed by atoms with Crippen LogP contribution in [0.25, 0.3) is 55.6 Å². The second-order valence-electron chi connectivity index (χ2n) is 17.2. The molecule has 2 aliphatic rings. The van der Waals surface area contributed by atoms with Crippen LogP contribution in [0.3, 0.4) is 0 Å². The molecule has 0 heterocycles. The van der Waals surface area contributed by atoms with E-state index in [4.69, 9.17) is 0 Å². The quantitative estimate of drug-likeness (QED) is 0.131. The zero-order valence-electron chi connectivity index (χ0n) is 35.5. The molecule has 1 heteroatoms. The van der Waals surface area contributed by atoms with Gasteiger partial charge in [-0.05, 0) is 150 Å². The van der Waals surface area contributed by atoms with Gasteiger partial charge in [-0.2, -0.15) is 0 Å². The van der Waals surface area contributed by atoms with E-state index >= 15 is 0 Å². The lowest BCUT2D eigenvalue weighted by Gasteiger charge is -2.25. The van der Waals surface area contributed by atoms with Gasteiger partial charge in [-0.15, -0.1) is 0 Å². The van der Waals surface area contributed by atoms with Crippen molar-refractivity contribution in [2.45, 2.75) is 18.8 Å². The highest BCUT2D eigenvalue weighted by Crippen LogP contribution is 2.47. The van der Waals surface area contributed by atoms with Gasteiger partial charge in [0.2, 0.25) is 0 Å². The van der Waals surface area contributed by atoms with Gasteiger partial charge in [-0.1, -0.05) is 200 Å². The van der Waals surface area contributed by atoms with Crippen molar-refractivity contribution >= 4 is 17.1 Å². The third kappa shape index (κ3) is 6.83. The third-order valence-electron chi connectivity index (χ3n) is 13.4. The molecule has 0 fully saturated rings. The number of fused-ring (bicyclic) bond motifs is 6. The Labute approximate surface area is 376 Å². The smallest absolute Gasteiger partial charge is 0.0462 e. The van der Waals surface area contributed by atoms with Gasteiger partial charge < -0.3 is 4.90 Å². The van der Waals surface area contributed by atoms with E-state index in [-0.39, 0.29) is 5.92 Å². The van der Waals surface area contributed by atoms with Gasteiger partial charge in [-0.3, -0.25) is 0 Å². The average Bonchev–Trinajstić information content (AvgIpc) is 3.94. The van der Waals surface area contributed by atoms with E-state index in [2.05, 4.69) is 248 Å². The first-order valence-corrected chi connectivity index (χ1v) is 22.4. The van der Waals surface area contributed by atoms with Gasteiger partial charge >= 0.3 is 0 Å². The Balaban J connectivity index is 0.853. The van der Waals surface area contributed by atoms with Crippen molar-refractivity contribution in [1.82, 2.24) is 0 Å². The summed E-state index contributed by atoms with van der Waals surface area (Å²) in [5.74, 6) is 0.0744. The van der Waals surface area contributed by atoms with Crippen molar-refractivity contribution in [3.05, 3.63) is 282 Å². The molecule has 0 amide bonds. The Morgan fingerprint density at radius 1 is 0.281 bits per heavy atom. The normalized spacial score (nSPS) is 12.5. The van der Waals surface area contributed by atoms with Crippen LogP contribution in [0.5, 0.6) is 0 Å². The molecular formula is C63H45N. The number of anilines is 3. The fourth-order valence-electron chi connectivity index (χ4n) is 10.4. The predicted octanol–water partition coefficient (Wildman–Crippen LogP) is 16.5. The summed E-state index contributed by atoms with van der Waals surface area (Å²) in [5, 5.41) is 0. The summed E-state index contributed by atoms with van der Waals surface area (Å²) >= 11 is 0. The predicted molar refractivity (Wildman–Crippen MR) is 268 cm³/mol. The van der Waals surface area contributed by atoms with E-state index < -0.39 is 0 Å². The second kappa shape index (κ2) is 16.0. The largest absolute Gasteiger partial charge is 0.311 e. The fraction of sp³-hybridized carbons (Fsp3) is 0.0476. The van der Waals surface area contributed by atoms with Crippen LogP contribution in [-0.4, -0.2) is 0 Å². The first-order chi connectivity index (χ1) is 31.7. The molecule has 302 valence electrons. The standard InChI is InChI=1S/C63H45N/c1-4-14-43(15-5-1)47-17-12-18-52(38-47)62(60-25-13-19-53-40-50-16-10-11-24-59(50)63(53)60)46-28-26-44(27-29-46)48-34-37-58-54(39-48)41-51-31-30-49(42-61(51)58)45-32-35-57(36-33-45)64(55-20-6-2-7-21-55)56-22-8-3-9-23-56/h1-39,42,62H,40-41H2. The number of hydrogen-bond acceptors (Lipinski definition) is 1. The maximum Gasteiger partial charge on any atom is 0.0462 e. The number of para-hydroxylation sites is 2. The molecule has 1 nitrogen and oxygen atoms in total. The Bertz CT molecular complexity index is 3250. The van der Waals surface area contributed by atoms with Crippen LogP contribution in [0.15, 0.2) is 243 Å². The lowest BCUT2D eigenvalue weighted by Crippen LogP contribution is -2.09. The molecule has 12 rings (SSSR count). The molecule has 0 radical (unpaired) electrons. The molecule has 1 unspecified atom stereocenters. The van der Waals surface area contributed by atoms with Crippen molar-refractivity contribution in [3.8, 4) is 55.6 Å². The van der Waals surface area contributed by atoms with Crippen LogP contribution in [-0.2, 0) is 12.8 Å². The van der Waals surface area contributed by atoms with E-state index in [1.807, 2.05) is 0 Å². The lowest BCUT2D eigenvalue weighted by molar-refractivity contribution is 0.979. The maximum atomic E-state index is 2.42. The average molecular weight is 816 g/mol.